The molecule has 0 bridgehead atoms. The Kier molecular flexibility index (Phi) is 4.43. The fraction of sp³-hybridized carbons (Fsp3) is 0.333. The molecule has 0 aromatic carbocycles. The Hall–Kier alpha value is -1.45. The SMILES string of the molecule is CN(C)C(=O)CNS(=O)(=O)c1ccsc1C(=O)O. The van der Waals surface area contributed by atoms with Gasteiger partial charge in [0.15, 0.2) is 0 Å². The Labute approximate surface area is 108 Å². The van der Waals surface area contributed by atoms with Crippen molar-refractivity contribution in [1.82, 2.24) is 9.62 Å². The smallest absolute Gasteiger partial charge is 0.347 e. The summed E-state index contributed by atoms with van der Waals surface area (Å²) >= 11 is 0.811. The van der Waals surface area contributed by atoms with Gasteiger partial charge in [-0.05, 0) is 11.4 Å². The molecule has 2 N–H and O–H groups in total. The number of nitrogens with one attached hydrogen (secondary N) is 1. The number of rotatable bonds is 5. The van der Waals surface area contributed by atoms with Gasteiger partial charge in [-0.2, -0.15) is 0 Å². The molecule has 7 nitrogen and oxygen atoms in total. The normalized spacial score (nSPS) is 11.2. The first-order valence-electron chi connectivity index (χ1n) is 4.76. The third-order valence-electron chi connectivity index (χ3n) is 2.03. The summed E-state index contributed by atoms with van der Waals surface area (Å²) in [6.45, 7) is -0.412. The van der Waals surface area contributed by atoms with Crippen LogP contribution in [-0.4, -0.2) is 50.9 Å². The van der Waals surface area contributed by atoms with Crippen molar-refractivity contribution < 1.29 is 23.1 Å². The van der Waals surface area contributed by atoms with Gasteiger partial charge in [0.25, 0.3) is 0 Å². The van der Waals surface area contributed by atoms with Crippen LogP contribution in [0.4, 0.5) is 0 Å². The number of hydrogen-bond acceptors (Lipinski definition) is 5. The zero-order valence-electron chi connectivity index (χ0n) is 9.71. The van der Waals surface area contributed by atoms with Crippen molar-refractivity contribution in [3.63, 3.8) is 0 Å². The average molecular weight is 292 g/mol. The molecule has 9 heteroatoms. The number of sulfonamides is 1. The summed E-state index contributed by atoms with van der Waals surface area (Å²) in [5, 5.41) is 10.2. The fourth-order valence-electron chi connectivity index (χ4n) is 1.06. The van der Waals surface area contributed by atoms with E-state index < -0.39 is 28.4 Å². The van der Waals surface area contributed by atoms with Crippen LogP contribution in [0.25, 0.3) is 0 Å². The van der Waals surface area contributed by atoms with Crippen LogP contribution in [0.15, 0.2) is 16.3 Å². The topological polar surface area (TPSA) is 104 Å². The number of hydrogen-bond donors (Lipinski definition) is 2. The van der Waals surface area contributed by atoms with Crippen molar-refractivity contribution >= 4 is 33.2 Å². The molecule has 0 fully saturated rings. The van der Waals surface area contributed by atoms with Gasteiger partial charge < -0.3 is 10.0 Å². The molecular weight excluding hydrogens is 280 g/mol. The van der Waals surface area contributed by atoms with E-state index in [0.29, 0.717) is 0 Å². The van der Waals surface area contributed by atoms with Crippen LogP contribution in [0.5, 0.6) is 0 Å². The zero-order valence-corrected chi connectivity index (χ0v) is 11.3. The molecule has 0 aliphatic heterocycles. The second-order valence-corrected chi connectivity index (χ2v) is 6.18. The molecular formula is C9H12N2O5S2. The molecule has 1 aromatic rings. The molecule has 0 atom stereocenters. The van der Waals surface area contributed by atoms with Crippen LogP contribution in [0.2, 0.25) is 0 Å². The Morgan fingerprint density at radius 2 is 2.06 bits per heavy atom. The lowest BCUT2D eigenvalue weighted by Gasteiger charge is -2.11. The monoisotopic (exact) mass is 292 g/mol. The van der Waals surface area contributed by atoms with Crippen molar-refractivity contribution in [3.05, 3.63) is 16.3 Å². The molecule has 1 rings (SSSR count). The number of amides is 1. The highest BCUT2D eigenvalue weighted by atomic mass is 32.2. The van der Waals surface area contributed by atoms with Gasteiger partial charge in [-0.15, -0.1) is 11.3 Å². The van der Waals surface area contributed by atoms with E-state index in [2.05, 4.69) is 4.72 Å². The summed E-state index contributed by atoms with van der Waals surface area (Å²) in [4.78, 5) is 22.7. The van der Waals surface area contributed by atoms with Crippen molar-refractivity contribution in [1.29, 1.82) is 0 Å². The number of aromatic carboxylic acids is 1. The van der Waals surface area contributed by atoms with E-state index in [1.54, 1.807) is 0 Å². The Balaban J connectivity index is 2.91. The van der Waals surface area contributed by atoms with E-state index in [1.807, 2.05) is 0 Å². The molecule has 1 amide bonds. The highest BCUT2D eigenvalue weighted by molar-refractivity contribution is 7.89. The lowest BCUT2D eigenvalue weighted by molar-refractivity contribution is -0.127. The van der Waals surface area contributed by atoms with Crippen LogP contribution in [-0.2, 0) is 14.8 Å². The molecule has 0 aliphatic carbocycles. The average Bonchev–Trinajstić information content (AvgIpc) is 2.75. The number of carbonyl (C=O) groups is 2. The molecule has 100 valence electrons. The van der Waals surface area contributed by atoms with Gasteiger partial charge in [0, 0.05) is 14.1 Å². The first-order chi connectivity index (χ1) is 8.25. The van der Waals surface area contributed by atoms with Crippen LogP contribution < -0.4 is 4.72 Å². The maximum Gasteiger partial charge on any atom is 0.347 e. The second-order valence-electron chi connectivity index (χ2n) is 3.53. The number of likely N-dealkylation sites (N-methyl/N-ethyl adjacent to an activating group) is 1. The minimum atomic E-state index is -3.99. The largest absolute Gasteiger partial charge is 0.477 e. The van der Waals surface area contributed by atoms with Gasteiger partial charge in [0.2, 0.25) is 15.9 Å². The third kappa shape index (κ3) is 3.28. The van der Waals surface area contributed by atoms with Crippen LogP contribution in [0, 0.1) is 0 Å². The molecule has 1 heterocycles. The second kappa shape index (κ2) is 5.46. The first kappa shape index (κ1) is 14.6. The number of nitrogens with zero attached hydrogens (tertiary/aromatic N) is 1. The van der Waals surface area contributed by atoms with Crippen molar-refractivity contribution in [2.75, 3.05) is 20.6 Å². The van der Waals surface area contributed by atoms with Gasteiger partial charge in [0.1, 0.15) is 9.77 Å². The van der Waals surface area contributed by atoms with E-state index in [4.69, 9.17) is 5.11 Å². The standard InChI is InChI=1S/C9H12N2O5S2/c1-11(2)7(12)5-10-18(15,16)6-3-4-17-8(6)9(13)14/h3-4,10H,5H2,1-2H3,(H,13,14). The van der Waals surface area contributed by atoms with E-state index in [-0.39, 0.29) is 9.77 Å². The number of carboxylic acid groups (broad SMARTS) is 1. The highest BCUT2D eigenvalue weighted by Crippen LogP contribution is 2.21. The quantitative estimate of drug-likeness (QED) is 0.783. The molecule has 0 saturated carbocycles. The predicted molar refractivity (Wildman–Crippen MR) is 65.2 cm³/mol. The third-order valence-corrected chi connectivity index (χ3v) is 4.50. The maximum atomic E-state index is 11.8. The fourth-order valence-corrected chi connectivity index (χ4v) is 3.29. The van der Waals surface area contributed by atoms with E-state index in [1.165, 1.54) is 30.4 Å². The molecule has 0 radical (unpaired) electrons. The summed E-state index contributed by atoms with van der Waals surface area (Å²) in [5.41, 5.74) is 0. The number of carboxylic acids is 1. The molecule has 0 aliphatic rings. The molecule has 1 aromatic heterocycles. The van der Waals surface area contributed by atoms with E-state index in [0.717, 1.165) is 11.3 Å². The van der Waals surface area contributed by atoms with Crippen LogP contribution in [0.1, 0.15) is 9.67 Å². The Morgan fingerprint density at radius 3 is 2.56 bits per heavy atom. The maximum absolute atomic E-state index is 11.8. The summed E-state index contributed by atoms with van der Waals surface area (Å²) in [7, 11) is -1.01. The molecule has 0 spiro atoms. The minimum Gasteiger partial charge on any atom is -0.477 e. The lowest BCUT2D eigenvalue weighted by Crippen LogP contribution is -2.36. The van der Waals surface area contributed by atoms with Gasteiger partial charge in [-0.25, -0.2) is 17.9 Å². The predicted octanol–water partition coefficient (Wildman–Crippen LogP) is -0.187. The van der Waals surface area contributed by atoms with E-state index >= 15 is 0 Å². The lowest BCUT2D eigenvalue weighted by atomic mass is 10.5. The minimum absolute atomic E-state index is 0.278. The number of thiophene rings is 1. The first-order valence-corrected chi connectivity index (χ1v) is 7.12. The van der Waals surface area contributed by atoms with Gasteiger partial charge in [0.05, 0.1) is 6.54 Å². The number of carbonyl (C=O) groups excluding carboxylic acids is 1. The van der Waals surface area contributed by atoms with Crippen LogP contribution in [0.3, 0.4) is 0 Å². The van der Waals surface area contributed by atoms with Gasteiger partial charge in [-0.3, -0.25) is 4.79 Å². The Bertz CT molecular complexity index is 561. The molecule has 0 unspecified atom stereocenters. The zero-order chi connectivity index (χ0) is 13.9. The van der Waals surface area contributed by atoms with Crippen molar-refractivity contribution in [3.8, 4) is 0 Å². The van der Waals surface area contributed by atoms with Gasteiger partial charge in [-0.1, -0.05) is 0 Å². The van der Waals surface area contributed by atoms with Crippen molar-refractivity contribution in [2.45, 2.75) is 4.90 Å². The summed E-state index contributed by atoms with van der Waals surface area (Å²) in [6, 6.07) is 1.19. The summed E-state index contributed by atoms with van der Waals surface area (Å²) in [5.74, 6) is -1.74. The molecule has 18 heavy (non-hydrogen) atoms. The summed E-state index contributed by atoms with van der Waals surface area (Å²) < 4.78 is 25.7. The Morgan fingerprint density at radius 1 is 1.44 bits per heavy atom. The van der Waals surface area contributed by atoms with Gasteiger partial charge >= 0.3 is 5.97 Å². The summed E-state index contributed by atoms with van der Waals surface area (Å²) in [6.07, 6.45) is 0. The molecule has 0 saturated heterocycles. The van der Waals surface area contributed by atoms with Crippen molar-refractivity contribution in [2.24, 2.45) is 0 Å². The van der Waals surface area contributed by atoms with E-state index in [9.17, 15) is 18.0 Å². The van der Waals surface area contributed by atoms with Crippen LogP contribution >= 0.6 is 11.3 Å². The highest BCUT2D eigenvalue weighted by Gasteiger charge is 2.24.